The lowest BCUT2D eigenvalue weighted by molar-refractivity contribution is 0.152. The van der Waals surface area contributed by atoms with Crippen molar-refractivity contribution in [3.63, 3.8) is 0 Å². The zero-order valence-electron chi connectivity index (χ0n) is 12.5. The third-order valence-electron chi connectivity index (χ3n) is 4.10. The van der Waals surface area contributed by atoms with E-state index in [0.717, 1.165) is 31.9 Å². The van der Waals surface area contributed by atoms with Gasteiger partial charge in [0.15, 0.2) is 0 Å². The first-order valence-corrected chi connectivity index (χ1v) is 7.50. The van der Waals surface area contributed by atoms with Crippen LogP contribution in [0.3, 0.4) is 0 Å². The van der Waals surface area contributed by atoms with Crippen LogP contribution in [0.25, 0.3) is 0 Å². The summed E-state index contributed by atoms with van der Waals surface area (Å²) in [6, 6.07) is 19.5. The molecule has 1 unspecified atom stereocenters. The Morgan fingerprint density at radius 3 is 2.67 bits per heavy atom. The molecular formula is C18H22N2O. The van der Waals surface area contributed by atoms with Gasteiger partial charge >= 0.3 is 0 Å². The molecule has 3 heteroatoms. The van der Waals surface area contributed by atoms with Crippen molar-refractivity contribution in [2.45, 2.75) is 12.6 Å². The minimum absolute atomic E-state index is 0.421. The molecule has 1 aliphatic heterocycles. The normalized spacial score (nSPS) is 19.4. The summed E-state index contributed by atoms with van der Waals surface area (Å²) in [7, 11) is 1.74. The molecule has 1 fully saturated rings. The molecule has 1 N–H and O–H groups in total. The second-order valence-electron chi connectivity index (χ2n) is 5.41. The van der Waals surface area contributed by atoms with Crippen LogP contribution in [-0.4, -0.2) is 31.6 Å². The molecule has 2 aromatic carbocycles. The quantitative estimate of drug-likeness (QED) is 0.933. The van der Waals surface area contributed by atoms with Gasteiger partial charge in [-0.05, 0) is 11.6 Å². The second kappa shape index (κ2) is 6.74. The average molecular weight is 282 g/mol. The SMILES string of the molecule is COc1ccccc1CN1CCNCC1c1ccccc1. The van der Waals surface area contributed by atoms with Gasteiger partial charge in [0.1, 0.15) is 5.75 Å². The first-order chi connectivity index (χ1) is 10.4. The average Bonchev–Trinajstić information content (AvgIpc) is 2.57. The molecule has 1 saturated heterocycles. The van der Waals surface area contributed by atoms with Crippen LogP contribution in [-0.2, 0) is 6.54 Å². The first kappa shape index (κ1) is 14.1. The fourth-order valence-electron chi connectivity index (χ4n) is 2.99. The van der Waals surface area contributed by atoms with Crippen molar-refractivity contribution in [3.05, 3.63) is 65.7 Å². The lowest BCUT2D eigenvalue weighted by Crippen LogP contribution is -2.45. The summed E-state index contributed by atoms with van der Waals surface area (Å²) in [6.07, 6.45) is 0. The van der Waals surface area contributed by atoms with E-state index < -0.39 is 0 Å². The predicted octanol–water partition coefficient (Wildman–Crippen LogP) is 2.84. The molecule has 0 radical (unpaired) electrons. The van der Waals surface area contributed by atoms with Crippen molar-refractivity contribution in [2.75, 3.05) is 26.7 Å². The summed E-state index contributed by atoms with van der Waals surface area (Å²) in [5.41, 5.74) is 2.63. The maximum absolute atomic E-state index is 5.49. The highest BCUT2D eigenvalue weighted by Gasteiger charge is 2.24. The summed E-state index contributed by atoms with van der Waals surface area (Å²) in [4.78, 5) is 2.53. The van der Waals surface area contributed by atoms with Crippen molar-refractivity contribution in [1.29, 1.82) is 0 Å². The van der Waals surface area contributed by atoms with E-state index in [1.165, 1.54) is 11.1 Å². The number of nitrogens with one attached hydrogen (secondary N) is 1. The van der Waals surface area contributed by atoms with Crippen LogP contribution in [0.15, 0.2) is 54.6 Å². The summed E-state index contributed by atoms with van der Waals surface area (Å²) in [5, 5.41) is 3.50. The Bertz CT molecular complexity index is 570. The smallest absolute Gasteiger partial charge is 0.123 e. The predicted molar refractivity (Wildman–Crippen MR) is 85.5 cm³/mol. The fourth-order valence-corrected chi connectivity index (χ4v) is 2.99. The third kappa shape index (κ3) is 3.26. The van der Waals surface area contributed by atoms with Crippen LogP contribution in [0.2, 0.25) is 0 Å². The van der Waals surface area contributed by atoms with E-state index in [4.69, 9.17) is 4.74 Å². The Morgan fingerprint density at radius 2 is 1.86 bits per heavy atom. The number of rotatable bonds is 4. The lowest BCUT2D eigenvalue weighted by atomic mass is 10.0. The van der Waals surface area contributed by atoms with E-state index in [-0.39, 0.29) is 0 Å². The van der Waals surface area contributed by atoms with Gasteiger partial charge in [0.25, 0.3) is 0 Å². The molecule has 3 nitrogen and oxygen atoms in total. The Kier molecular flexibility index (Phi) is 4.53. The van der Waals surface area contributed by atoms with Gasteiger partial charge in [-0.1, -0.05) is 48.5 Å². The van der Waals surface area contributed by atoms with Crippen molar-refractivity contribution in [1.82, 2.24) is 10.2 Å². The summed E-state index contributed by atoms with van der Waals surface area (Å²) < 4.78 is 5.49. The largest absolute Gasteiger partial charge is 0.496 e. The van der Waals surface area contributed by atoms with Gasteiger partial charge in [-0.3, -0.25) is 4.90 Å². The highest BCUT2D eigenvalue weighted by atomic mass is 16.5. The fraction of sp³-hybridized carbons (Fsp3) is 0.333. The standard InChI is InChI=1S/C18H22N2O/c1-21-18-10-6-5-9-16(18)14-20-12-11-19-13-17(20)15-7-3-2-4-8-15/h2-10,17,19H,11-14H2,1H3. The van der Waals surface area contributed by atoms with E-state index in [1.54, 1.807) is 7.11 Å². The minimum atomic E-state index is 0.421. The Hall–Kier alpha value is -1.84. The van der Waals surface area contributed by atoms with Gasteiger partial charge in [-0.2, -0.15) is 0 Å². The molecule has 0 bridgehead atoms. The number of para-hydroxylation sites is 1. The summed E-state index contributed by atoms with van der Waals surface area (Å²) in [6.45, 7) is 4.01. The van der Waals surface area contributed by atoms with Gasteiger partial charge in [0.2, 0.25) is 0 Å². The van der Waals surface area contributed by atoms with Gasteiger partial charge in [0, 0.05) is 37.8 Å². The van der Waals surface area contributed by atoms with Gasteiger partial charge in [-0.15, -0.1) is 0 Å². The molecule has 0 saturated carbocycles. The molecular weight excluding hydrogens is 260 g/mol. The number of hydrogen-bond donors (Lipinski definition) is 1. The monoisotopic (exact) mass is 282 g/mol. The Morgan fingerprint density at radius 1 is 1.10 bits per heavy atom. The van der Waals surface area contributed by atoms with Crippen LogP contribution < -0.4 is 10.1 Å². The molecule has 0 aliphatic carbocycles. The van der Waals surface area contributed by atoms with Crippen molar-refractivity contribution in [2.24, 2.45) is 0 Å². The lowest BCUT2D eigenvalue weighted by Gasteiger charge is -2.36. The van der Waals surface area contributed by atoms with Crippen LogP contribution >= 0.6 is 0 Å². The molecule has 3 rings (SSSR count). The maximum Gasteiger partial charge on any atom is 0.123 e. The zero-order valence-corrected chi connectivity index (χ0v) is 12.5. The number of nitrogens with zero attached hydrogens (tertiary/aromatic N) is 1. The number of piperazine rings is 1. The first-order valence-electron chi connectivity index (χ1n) is 7.50. The molecule has 2 aromatic rings. The van der Waals surface area contributed by atoms with Gasteiger partial charge < -0.3 is 10.1 Å². The molecule has 21 heavy (non-hydrogen) atoms. The van der Waals surface area contributed by atoms with E-state index >= 15 is 0 Å². The van der Waals surface area contributed by atoms with Crippen LogP contribution in [0.4, 0.5) is 0 Å². The van der Waals surface area contributed by atoms with Crippen molar-refractivity contribution >= 4 is 0 Å². The van der Waals surface area contributed by atoms with E-state index in [0.29, 0.717) is 6.04 Å². The topological polar surface area (TPSA) is 24.5 Å². The summed E-state index contributed by atoms with van der Waals surface area (Å²) >= 11 is 0. The molecule has 0 spiro atoms. The minimum Gasteiger partial charge on any atom is -0.496 e. The van der Waals surface area contributed by atoms with Crippen molar-refractivity contribution in [3.8, 4) is 5.75 Å². The van der Waals surface area contributed by atoms with Crippen LogP contribution in [0, 0.1) is 0 Å². The second-order valence-corrected chi connectivity index (χ2v) is 5.41. The molecule has 0 aromatic heterocycles. The maximum atomic E-state index is 5.49. The highest BCUT2D eigenvalue weighted by Crippen LogP contribution is 2.27. The highest BCUT2D eigenvalue weighted by molar-refractivity contribution is 5.33. The van der Waals surface area contributed by atoms with Crippen LogP contribution in [0.5, 0.6) is 5.75 Å². The van der Waals surface area contributed by atoms with E-state index in [2.05, 4.69) is 52.7 Å². The Labute approximate surface area is 126 Å². The van der Waals surface area contributed by atoms with E-state index in [9.17, 15) is 0 Å². The van der Waals surface area contributed by atoms with Crippen LogP contribution in [0.1, 0.15) is 17.2 Å². The number of ether oxygens (including phenoxy) is 1. The van der Waals surface area contributed by atoms with E-state index in [1.807, 2.05) is 12.1 Å². The number of benzene rings is 2. The molecule has 1 atom stereocenters. The van der Waals surface area contributed by atoms with Gasteiger partial charge in [0.05, 0.1) is 7.11 Å². The molecule has 110 valence electrons. The molecule has 1 aliphatic rings. The Balaban J connectivity index is 1.82. The van der Waals surface area contributed by atoms with Gasteiger partial charge in [-0.25, -0.2) is 0 Å². The third-order valence-corrected chi connectivity index (χ3v) is 4.10. The number of hydrogen-bond acceptors (Lipinski definition) is 3. The molecule has 1 heterocycles. The van der Waals surface area contributed by atoms with Crippen molar-refractivity contribution < 1.29 is 4.74 Å². The zero-order chi connectivity index (χ0) is 14.5. The molecule has 0 amide bonds. The number of methoxy groups -OCH3 is 1. The summed E-state index contributed by atoms with van der Waals surface area (Å²) in [5.74, 6) is 0.975.